The van der Waals surface area contributed by atoms with Gasteiger partial charge < -0.3 is 9.90 Å². The molecule has 0 saturated carbocycles. The van der Waals surface area contributed by atoms with Gasteiger partial charge in [0.25, 0.3) is 6.47 Å². The Morgan fingerprint density at radius 2 is 1.75 bits per heavy atom. The predicted molar refractivity (Wildman–Crippen MR) is 48.0 cm³/mol. The number of Topliss-reactive ketones (excluding diaryl/α,β-unsaturated/α-hetero) is 1. The predicted octanol–water partition coefficient (Wildman–Crippen LogP) is 2.02. The van der Waals surface area contributed by atoms with Crippen LogP contribution in [-0.2, 0) is 9.59 Å². The molecule has 0 aliphatic carbocycles. The Balaban J connectivity index is 0. The maximum atomic E-state index is 10.4. The van der Waals surface area contributed by atoms with E-state index in [1.807, 2.05) is 13.8 Å². The third-order valence-corrected chi connectivity index (χ3v) is 1.05. The zero-order chi connectivity index (χ0) is 9.98. The lowest BCUT2D eigenvalue weighted by Gasteiger charge is -1.89. The molecular weight excluding hydrogens is 156 g/mol. The second-order valence-corrected chi connectivity index (χ2v) is 2.63. The molecule has 0 aromatic rings. The summed E-state index contributed by atoms with van der Waals surface area (Å²) in [5.41, 5.74) is 1.29. The summed E-state index contributed by atoms with van der Waals surface area (Å²) < 4.78 is 0. The van der Waals surface area contributed by atoms with E-state index in [1.165, 1.54) is 5.57 Å². The van der Waals surface area contributed by atoms with E-state index in [4.69, 9.17) is 9.90 Å². The maximum absolute atomic E-state index is 10.4. The molecule has 0 aliphatic rings. The first-order chi connectivity index (χ1) is 5.54. The van der Waals surface area contributed by atoms with Crippen molar-refractivity contribution in [3.8, 4) is 0 Å². The number of hydrogen-bond acceptors (Lipinski definition) is 2. The molecule has 0 radical (unpaired) electrons. The molecule has 70 valence electrons. The first-order valence-electron chi connectivity index (χ1n) is 3.75. The van der Waals surface area contributed by atoms with Crippen LogP contribution in [0.1, 0.15) is 33.6 Å². The fourth-order valence-corrected chi connectivity index (χ4v) is 0.564. The van der Waals surface area contributed by atoms with Crippen molar-refractivity contribution in [2.75, 3.05) is 0 Å². The Labute approximate surface area is 73.1 Å². The molecule has 12 heavy (non-hydrogen) atoms. The van der Waals surface area contributed by atoms with Crippen molar-refractivity contribution < 1.29 is 14.7 Å². The molecule has 1 N–H and O–H groups in total. The van der Waals surface area contributed by atoms with Gasteiger partial charge in [-0.05, 0) is 27.2 Å². The van der Waals surface area contributed by atoms with Crippen LogP contribution in [0, 0.1) is 0 Å². The minimum atomic E-state index is -0.250. The van der Waals surface area contributed by atoms with Gasteiger partial charge in [0.15, 0.2) is 0 Å². The van der Waals surface area contributed by atoms with E-state index in [2.05, 4.69) is 6.08 Å². The number of carboxylic acid groups (broad SMARTS) is 1. The number of carbonyl (C=O) groups excluding carboxylic acids is 1. The molecule has 0 aliphatic heterocycles. The number of rotatable bonds is 3. The Kier molecular flexibility index (Phi) is 11.1. The molecule has 0 bridgehead atoms. The van der Waals surface area contributed by atoms with Gasteiger partial charge in [-0.15, -0.1) is 0 Å². The molecule has 0 saturated heterocycles. The summed E-state index contributed by atoms with van der Waals surface area (Å²) in [7, 11) is 0. The Morgan fingerprint density at radius 3 is 2.00 bits per heavy atom. The number of ketones is 1. The molecule has 0 unspecified atom stereocenters. The first-order valence-corrected chi connectivity index (χ1v) is 3.75. The molecule has 0 fully saturated rings. The van der Waals surface area contributed by atoms with Crippen LogP contribution in [0.3, 0.4) is 0 Å². The van der Waals surface area contributed by atoms with Gasteiger partial charge >= 0.3 is 0 Å². The van der Waals surface area contributed by atoms with E-state index < -0.39 is 0 Å². The van der Waals surface area contributed by atoms with Crippen molar-refractivity contribution in [3.05, 3.63) is 11.6 Å². The van der Waals surface area contributed by atoms with E-state index in [0.29, 0.717) is 6.42 Å². The summed E-state index contributed by atoms with van der Waals surface area (Å²) in [6.45, 7) is 5.46. The summed E-state index contributed by atoms with van der Waals surface area (Å²) in [5.74, 6) is 0.271. The van der Waals surface area contributed by atoms with Crippen molar-refractivity contribution >= 4 is 12.3 Å². The zero-order valence-electron chi connectivity index (χ0n) is 7.83. The fraction of sp³-hybridized carbons (Fsp3) is 0.556. The van der Waals surface area contributed by atoms with Gasteiger partial charge in [0.2, 0.25) is 0 Å². The molecule has 3 heteroatoms. The molecule has 0 heterocycles. The molecular formula is C9H16O3. The van der Waals surface area contributed by atoms with Crippen LogP contribution < -0.4 is 0 Å². The first kappa shape index (κ1) is 13.5. The highest BCUT2D eigenvalue weighted by Crippen LogP contribution is 1.96. The van der Waals surface area contributed by atoms with Crippen LogP contribution in [0.5, 0.6) is 0 Å². The number of allylic oxidation sites excluding steroid dienone is 2. The summed E-state index contributed by atoms with van der Waals surface area (Å²) >= 11 is 0. The lowest BCUT2D eigenvalue weighted by Crippen LogP contribution is -1.86. The highest BCUT2D eigenvalue weighted by atomic mass is 16.3. The second-order valence-electron chi connectivity index (χ2n) is 2.63. The summed E-state index contributed by atoms with van der Waals surface area (Å²) in [6, 6.07) is 0. The van der Waals surface area contributed by atoms with E-state index in [1.54, 1.807) is 6.92 Å². The van der Waals surface area contributed by atoms with E-state index in [9.17, 15) is 4.79 Å². The van der Waals surface area contributed by atoms with Crippen LogP contribution in [-0.4, -0.2) is 17.4 Å². The number of carbonyl (C=O) groups is 2. The fourth-order valence-electron chi connectivity index (χ4n) is 0.564. The average molecular weight is 172 g/mol. The van der Waals surface area contributed by atoms with Crippen molar-refractivity contribution in [1.29, 1.82) is 0 Å². The summed E-state index contributed by atoms with van der Waals surface area (Å²) in [5, 5.41) is 6.89. The normalized spacial score (nSPS) is 7.58. The monoisotopic (exact) mass is 172 g/mol. The Bertz CT molecular complexity index is 155. The molecule has 0 atom stereocenters. The average Bonchev–Trinajstić information content (AvgIpc) is 1.87. The highest BCUT2D eigenvalue weighted by molar-refractivity contribution is 5.75. The zero-order valence-corrected chi connectivity index (χ0v) is 7.83. The molecule has 3 nitrogen and oxygen atoms in total. The standard InChI is InChI=1S/C8H14O.CH2O2/c1-7(2)5-4-6-8(3)9;2-1-3/h5H,4,6H2,1-3H3;1H,(H,2,3). The van der Waals surface area contributed by atoms with Gasteiger partial charge in [-0.3, -0.25) is 4.79 Å². The largest absolute Gasteiger partial charge is 0.483 e. The SMILES string of the molecule is CC(=O)CCC=C(C)C.O=CO. The molecule has 0 rings (SSSR count). The lowest BCUT2D eigenvalue weighted by molar-refractivity contribution is -0.123. The smallest absolute Gasteiger partial charge is 0.290 e. The van der Waals surface area contributed by atoms with Crippen LogP contribution in [0.4, 0.5) is 0 Å². The van der Waals surface area contributed by atoms with Crippen molar-refractivity contribution in [3.63, 3.8) is 0 Å². The van der Waals surface area contributed by atoms with Gasteiger partial charge in [-0.2, -0.15) is 0 Å². The quantitative estimate of drug-likeness (QED) is 0.523. The minimum absolute atomic E-state index is 0.250. The van der Waals surface area contributed by atoms with Crippen LogP contribution in [0.15, 0.2) is 11.6 Å². The van der Waals surface area contributed by atoms with Gasteiger partial charge in [-0.25, -0.2) is 0 Å². The summed E-state index contributed by atoms with van der Waals surface area (Å²) in [4.78, 5) is 18.8. The van der Waals surface area contributed by atoms with Crippen LogP contribution >= 0.6 is 0 Å². The second kappa shape index (κ2) is 9.88. The van der Waals surface area contributed by atoms with Crippen LogP contribution in [0.25, 0.3) is 0 Å². The van der Waals surface area contributed by atoms with Gasteiger partial charge in [0.05, 0.1) is 0 Å². The molecule has 0 aromatic heterocycles. The molecule has 0 amide bonds. The van der Waals surface area contributed by atoms with Gasteiger partial charge in [0.1, 0.15) is 5.78 Å². The topological polar surface area (TPSA) is 54.4 Å². The van der Waals surface area contributed by atoms with Crippen molar-refractivity contribution in [2.24, 2.45) is 0 Å². The Hall–Kier alpha value is -1.12. The molecule has 0 aromatic carbocycles. The van der Waals surface area contributed by atoms with E-state index >= 15 is 0 Å². The highest BCUT2D eigenvalue weighted by Gasteiger charge is 1.88. The third-order valence-electron chi connectivity index (χ3n) is 1.05. The van der Waals surface area contributed by atoms with Gasteiger partial charge in [0, 0.05) is 6.42 Å². The van der Waals surface area contributed by atoms with Crippen LogP contribution in [0.2, 0.25) is 0 Å². The number of hydrogen-bond donors (Lipinski definition) is 1. The van der Waals surface area contributed by atoms with E-state index in [0.717, 1.165) is 6.42 Å². The van der Waals surface area contributed by atoms with Gasteiger partial charge in [-0.1, -0.05) is 11.6 Å². The maximum Gasteiger partial charge on any atom is 0.290 e. The summed E-state index contributed by atoms with van der Waals surface area (Å²) in [6.07, 6.45) is 3.67. The van der Waals surface area contributed by atoms with Crippen molar-refractivity contribution in [2.45, 2.75) is 33.6 Å². The Morgan fingerprint density at radius 1 is 1.33 bits per heavy atom. The minimum Gasteiger partial charge on any atom is -0.483 e. The van der Waals surface area contributed by atoms with Crippen molar-refractivity contribution in [1.82, 2.24) is 0 Å². The van der Waals surface area contributed by atoms with E-state index in [-0.39, 0.29) is 12.3 Å². The third kappa shape index (κ3) is 23.2. The molecule has 0 spiro atoms. The lowest BCUT2D eigenvalue weighted by atomic mass is 10.2.